The zero-order valence-corrected chi connectivity index (χ0v) is 15.6. The molecule has 0 bridgehead atoms. The number of carbonyl (C=O) groups excluding carboxylic acids is 1. The molecule has 5 nitrogen and oxygen atoms in total. The zero-order valence-electron chi connectivity index (χ0n) is 14.8. The molecule has 2 aromatic heterocycles. The molecule has 1 unspecified atom stereocenters. The molecule has 0 saturated carbocycles. The number of oxazole rings is 1. The van der Waals surface area contributed by atoms with Crippen molar-refractivity contribution in [1.29, 1.82) is 0 Å². The van der Waals surface area contributed by atoms with Crippen LogP contribution >= 0.6 is 0 Å². The zero-order chi connectivity index (χ0) is 18.5. The van der Waals surface area contributed by atoms with E-state index in [1.165, 1.54) is 0 Å². The molecule has 0 N–H and O–H groups in total. The third-order valence-corrected chi connectivity index (χ3v) is 5.17. The van der Waals surface area contributed by atoms with E-state index in [1.54, 1.807) is 25.4 Å². The Bertz CT molecular complexity index is 918. The van der Waals surface area contributed by atoms with E-state index in [4.69, 9.17) is 4.42 Å². The first-order valence-corrected chi connectivity index (χ1v) is 9.79. The minimum absolute atomic E-state index is 0.00105. The SMILES string of the molecule is Cc1ccc(-c2nc(CS(=O)CC(=O)Cc3cccnc3)c(C)o2)cc1. The molecule has 0 aliphatic heterocycles. The minimum Gasteiger partial charge on any atom is -0.441 e. The number of hydrogen-bond acceptors (Lipinski definition) is 5. The number of ketones is 1. The van der Waals surface area contributed by atoms with Gasteiger partial charge in [0.25, 0.3) is 0 Å². The molecule has 0 saturated heterocycles. The van der Waals surface area contributed by atoms with Gasteiger partial charge in [0, 0.05) is 35.2 Å². The van der Waals surface area contributed by atoms with Crippen molar-refractivity contribution in [2.45, 2.75) is 26.0 Å². The van der Waals surface area contributed by atoms with E-state index in [0.717, 1.165) is 16.7 Å². The quantitative estimate of drug-likeness (QED) is 0.639. The summed E-state index contributed by atoms with van der Waals surface area (Å²) in [6.07, 6.45) is 3.55. The standard InChI is InChI=1S/C20H20N2O3S/c1-14-5-7-17(8-6-14)20-22-19(15(2)25-20)13-26(24)12-18(23)10-16-4-3-9-21-11-16/h3-9,11H,10,12-13H2,1-2H3. The van der Waals surface area contributed by atoms with Crippen molar-refractivity contribution in [3.05, 3.63) is 71.4 Å². The van der Waals surface area contributed by atoms with Gasteiger partial charge in [0.05, 0.1) is 17.2 Å². The van der Waals surface area contributed by atoms with Crippen molar-refractivity contribution in [1.82, 2.24) is 9.97 Å². The highest BCUT2D eigenvalue weighted by Gasteiger charge is 2.16. The lowest BCUT2D eigenvalue weighted by atomic mass is 10.1. The molecule has 3 aromatic rings. The Morgan fingerprint density at radius 3 is 2.62 bits per heavy atom. The lowest BCUT2D eigenvalue weighted by Gasteiger charge is -2.01. The molecule has 26 heavy (non-hydrogen) atoms. The second-order valence-electron chi connectivity index (χ2n) is 6.19. The van der Waals surface area contributed by atoms with Crippen LogP contribution in [0.3, 0.4) is 0 Å². The average Bonchev–Trinajstić information content (AvgIpc) is 2.96. The van der Waals surface area contributed by atoms with E-state index in [9.17, 15) is 9.00 Å². The maximum absolute atomic E-state index is 12.3. The van der Waals surface area contributed by atoms with Gasteiger partial charge in [-0.3, -0.25) is 14.0 Å². The number of aromatic nitrogens is 2. The van der Waals surface area contributed by atoms with Crippen molar-refractivity contribution < 1.29 is 13.4 Å². The number of aryl methyl sites for hydroxylation is 2. The fourth-order valence-corrected chi connectivity index (χ4v) is 3.68. The summed E-state index contributed by atoms with van der Waals surface area (Å²) >= 11 is 0. The Labute approximate surface area is 155 Å². The van der Waals surface area contributed by atoms with Crippen molar-refractivity contribution in [3.8, 4) is 11.5 Å². The molecular weight excluding hydrogens is 348 g/mol. The Kier molecular flexibility index (Phi) is 5.73. The second-order valence-corrected chi connectivity index (χ2v) is 7.65. The van der Waals surface area contributed by atoms with Crippen LogP contribution in [0.1, 0.15) is 22.6 Å². The highest BCUT2D eigenvalue weighted by molar-refractivity contribution is 7.84. The molecule has 1 aromatic carbocycles. The summed E-state index contributed by atoms with van der Waals surface area (Å²) in [6, 6.07) is 11.5. The normalized spacial score (nSPS) is 12.1. The third-order valence-electron chi connectivity index (χ3n) is 3.93. The maximum Gasteiger partial charge on any atom is 0.226 e. The van der Waals surface area contributed by atoms with Crippen molar-refractivity contribution in [3.63, 3.8) is 0 Å². The number of benzene rings is 1. The third kappa shape index (κ3) is 4.73. The molecule has 134 valence electrons. The summed E-state index contributed by atoms with van der Waals surface area (Å²) in [5.41, 5.74) is 3.50. The van der Waals surface area contributed by atoms with Gasteiger partial charge in [-0.2, -0.15) is 0 Å². The van der Waals surface area contributed by atoms with Crippen LogP contribution in [0.25, 0.3) is 11.5 Å². The number of pyridine rings is 1. The molecule has 3 rings (SSSR count). The van der Waals surface area contributed by atoms with Crippen LogP contribution in [0.4, 0.5) is 0 Å². The predicted molar refractivity (Wildman–Crippen MR) is 101 cm³/mol. The second kappa shape index (κ2) is 8.19. The summed E-state index contributed by atoms with van der Waals surface area (Å²) in [7, 11) is -1.32. The first-order chi connectivity index (χ1) is 12.5. The van der Waals surface area contributed by atoms with Crippen LogP contribution in [0.15, 0.2) is 53.2 Å². The summed E-state index contributed by atoms with van der Waals surface area (Å²) in [5, 5.41) is 0. The molecule has 6 heteroatoms. The van der Waals surface area contributed by atoms with Gasteiger partial charge in [-0.1, -0.05) is 23.8 Å². The van der Waals surface area contributed by atoms with E-state index in [1.807, 2.05) is 37.3 Å². The van der Waals surface area contributed by atoms with Gasteiger partial charge in [0.2, 0.25) is 5.89 Å². The highest BCUT2D eigenvalue weighted by atomic mass is 32.2. The maximum atomic E-state index is 12.3. The van der Waals surface area contributed by atoms with Crippen molar-refractivity contribution in [2.24, 2.45) is 0 Å². The lowest BCUT2D eigenvalue weighted by molar-refractivity contribution is -0.116. The number of Topliss-reactive ketones (excluding diaryl/α,β-unsaturated/α-hetero) is 1. The first-order valence-electron chi connectivity index (χ1n) is 8.30. The van der Waals surface area contributed by atoms with Crippen LogP contribution < -0.4 is 0 Å². The molecule has 1 atom stereocenters. The van der Waals surface area contributed by atoms with Crippen LogP contribution in [-0.4, -0.2) is 25.7 Å². The molecule has 2 heterocycles. The topological polar surface area (TPSA) is 73.1 Å². The van der Waals surface area contributed by atoms with Gasteiger partial charge in [-0.25, -0.2) is 4.98 Å². The van der Waals surface area contributed by atoms with Gasteiger partial charge in [-0.15, -0.1) is 0 Å². The fourth-order valence-electron chi connectivity index (χ4n) is 2.55. The molecule has 0 aliphatic carbocycles. The van der Waals surface area contributed by atoms with Crippen LogP contribution in [0, 0.1) is 13.8 Å². The van der Waals surface area contributed by atoms with Gasteiger partial charge in [0.15, 0.2) is 0 Å². The molecule has 0 amide bonds. The van der Waals surface area contributed by atoms with Gasteiger partial charge >= 0.3 is 0 Å². The molecule has 0 radical (unpaired) electrons. The molecule has 0 fully saturated rings. The van der Waals surface area contributed by atoms with Crippen LogP contribution in [0.2, 0.25) is 0 Å². The van der Waals surface area contributed by atoms with Crippen molar-refractivity contribution in [2.75, 3.05) is 5.75 Å². The Morgan fingerprint density at radius 2 is 1.92 bits per heavy atom. The predicted octanol–water partition coefficient (Wildman–Crippen LogP) is 3.41. The fraction of sp³-hybridized carbons (Fsp3) is 0.250. The van der Waals surface area contributed by atoms with Gasteiger partial charge in [0.1, 0.15) is 11.5 Å². The minimum atomic E-state index is -1.32. The number of rotatable bonds is 7. The van der Waals surface area contributed by atoms with E-state index in [0.29, 0.717) is 17.3 Å². The smallest absolute Gasteiger partial charge is 0.226 e. The Hall–Kier alpha value is -2.60. The molecular formula is C20H20N2O3S. The van der Waals surface area contributed by atoms with Gasteiger partial charge in [-0.05, 0) is 37.6 Å². The van der Waals surface area contributed by atoms with E-state index < -0.39 is 10.8 Å². The van der Waals surface area contributed by atoms with E-state index >= 15 is 0 Å². The van der Waals surface area contributed by atoms with Crippen LogP contribution in [-0.2, 0) is 27.8 Å². The number of nitrogens with zero attached hydrogens (tertiary/aromatic N) is 2. The van der Waals surface area contributed by atoms with Gasteiger partial charge < -0.3 is 4.42 Å². The summed E-state index contributed by atoms with van der Waals surface area (Å²) in [5.74, 6) is 1.28. The molecule has 0 aliphatic rings. The highest BCUT2D eigenvalue weighted by Crippen LogP contribution is 2.23. The average molecular weight is 368 g/mol. The Morgan fingerprint density at radius 1 is 1.15 bits per heavy atom. The Balaban J connectivity index is 1.62. The lowest BCUT2D eigenvalue weighted by Crippen LogP contribution is -2.14. The van der Waals surface area contributed by atoms with E-state index in [-0.39, 0.29) is 23.7 Å². The number of hydrogen-bond donors (Lipinski definition) is 0. The largest absolute Gasteiger partial charge is 0.441 e. The summed E-state index contributed by atoms with van der Waals surface area (Å²) in [4.78, 5) is 20.5. The van der Waals surface area contributed by atoms with Crippen molar-refractivity contribution >= 4 is 16.6 Å². The van der Waals surface area contributed by atoms with E-state index in [2.05, 4.69) is 9.97 Å². The monoisotopic (exact) mass is 368 g/mol. The summed E-state index contributed by atoms with van der Waals surface area (Å²) < 4.78 is 18.1. The molecule has 0 spiro atoms. The van der Waals surface area contributed by atoms with Crippen LogP contribution in [0.5, 0.6) is 0 Å². The number of carbonyl (C=O) groups is 1. The first kappa shape index (κ1) is 18.2. The summed E-state index contributed by atoms with van der Waals surface area (Å²) in [6.45, 7) is 3.82.